The molecule has 0 radical (unpaired) electrons. The molecule has 1 atom stereocenters. The van der Waals surface area contributed by atoms with Crippen molar-refractivity contribution >= 4 is 32.3 Å². The molecule has 1 amide bonds. The summed E-state index contributed by atoms with van der Waals surface area (Å²) in [5, 5.41) is 2.11. The topological polar surface area (TPSA) is 54.5 Å². The number of sulfonamides is 1. The van der Waals surface area contributed by atoms with Crippen molar-refractivity contribution in [1.82, 2.24) is 4.31 Å². The Morgan fingerprint density at radius 1 is 0.788 bits per heavy atom. The van der Waals surface area contributed by atoms with Gasteiger partial charge in [0.05, 0.1) is 17.4 Å². The molecule has 5 rings (SSSR count). The number of aryl methyl sites for hydroxylation is 1. The Kier molecular flexibility index (Phi) is 5.35. The molecule has 1 aliphatic heterocycles. The lowest BCUT2D eigenvalue weighted by atomic mass is 9.82. The maximum absolute atomic E-state index is 13.8. The van der Waals surface area contributed by atoms with E-state index in [9.17, 15) is 13.2 Å². The van der Waals surface area contributed by atoms with Crippen LogP contribution in [0.5, 0.6) is 0 Å². The van der Waals surface area contributed by atoms with Crippen LogP contribution in [-0.4, -0.2) is 25.2 Å². The number of nitrogens with zero attached hydrogens (tertiary/aromatic N) is 1. The summed E-state index contributed by atoms with van der Waals surface area (Å²) < 4.78 is 27.8. The van der Waals surface area contributed by atoms with Gasteiger partial charge in [-0.3, -0.25) is 4.79 Å². The number of fused-ring (bicyclic) bond motifs is 1. The Hall–Kier alpha value is -3.70. The Bertz CT molecular complexity index is 1470. The second kappa shape index (κ2) is 8.34. The van der Waals surface area contributed by atoms with Crippen molar-refractivity contribution in [2.75, 3.05) is 6.54 Å². The van der Waals surface area contributed by atoms with Crippen LogP contribution in [0.15, 0.2) is 108 Å². The van der Waals surface area contributed by atoms with Crippen LogP contribution in [0.1, 0.15) is 22.6 Å². The lowest BCUT2D eigenvalue weighted by molar-refractivity contribution is -0.126. The van der Waals surface area contributed by atoms with E-state index in [1.165, 1.54) is 0 Å². The molecule has 33 heavy (non-hydrogen) atoms. The van der Waals surface area contributed by atoms with E-state index in [4.69, 9.17) is 0 Å². The Balaban J connectivity index is 1.67. The zero-order chi connectivity index (χ0) is 23.0. The first-order chi connectivity index (χ1) is 16.0. The average molecular weight is 454 g/mol. The molecule has 1 unspecified atom stereocenters. The first kappa shape index (κ1) is 21.2. The van der Waals surface area contributed by atoms with E-state index in [0.717, 1.165) is 37.3 Å². The number of benzene rings is 4. The van der Waals surface area contributed by atoms with E-state index >= 15 is 0 Å². The highest BCUT2D eigenvalue weighted by molar-refractivity contribution is 7.89. The quantitative estimate of drug-likeness (QED) is 0.407. The third-order valence-corrected chi connectivity index (χ3v) is 7.90. The molecule has 0 N–H and O–H groups in total. The van der Waals surface area contributed by atoms with Crippen LogP contribution in [0.2, 0.25) is 0 Å². The number of carbonyl (C=O) groups excluding carboxylic acids is 1. The summed E-state index contributed by atoms with van der Waals surface area (Å²) in [6.07, 6.45) is 1.88. The number of hydrogen-bond donors (Lipinski definition) is 0. The molecule has 0 fully saturated rings. The van der Waals surface area contributed by atoms with Crippen molar-refractivity contribution in [3.05, 3.63) is 120 Å². The highest BCUT2D eigenvalue weighted by Gasteiger charge is 2.39. The minimum Gasteiger partial charge on any atom is -0.273 e. The van der Waals surface area contributed by atoms with Crippen LogP contribution in [0.4, 0.5) is 0 Å². The first-order valence-corrected chi connectivity index (χ1v) is 12.3. The zero-order valence-corrected chi connectivity index (χ0v) is 19.0. The van der Waals surface area contributed by atoms with Crippen molar-refractivity contribution in [3.8, 4) is 0 Å². The van der Waals surface area contributed by atoms with E-state index in [-0.39, 0.29) is 11.4 Å². The van der Waals surface area contributed by atoms with Gasteiger partial charge in [0.15, 0.2) is 0 Å². The van der Waals surface area contributed by atoms with Crippen LogP contribution in [0.25, 0.3) is 16.3 Å². The highest BCUT2D eigenvalue weighted by atomic mass is 32.2. The number of rotatable bonds is 4. The van der Waals surface area contributed by atoms with E-state index < -0.39 is 21.8 Å². The van der Waals surface area contributed by atoms with E-state index in [1.807, 2.05) is 85.8 Å². The molecular formula is C28H23NO3S. The van der Waals surface area contributed by atoms with Gasteiger partial charge in [0, 0.05) is 0 Å². The standard InChI is InChI=1S/C28H23NO3S/c1-20-14-16-23(17-15-20)33(31,32)29-19-18-26(27(28(29)30)22-9-3-2-4-10-22)25-13-7-11-21-8-5-6-12-24(21)25/h2-18,27H,19H2,1H3. The van der Waals surface area contributed by atoms with Gasteiger partial charge in [-0.25, -0.2) is 12.7 Å². The SMILES string of the molecule is Cc1ccc(S(=O)(=O)N2CC=C(c3cccc4ccccc34)C(c3ccccc3)C2=O)cc1. The molecule has 0 bridgehead atoms. The molecule has 4 aromatic carbocycles. The predicted molar refractivity (Wildman–Crippen MR) is 131 cm³/mol. The molecule has 0 aromatic heterocycles. The second-order valence-electron chi connectivity index (χ2n) is 8.22. The van der Waals surface area contributed by atoms with E-state index in [2.05, 4.69) is 0 Å². The molecule has 0 saturated carbocycles. The van der Waals surface area contributed by atoms with Crippen LogP contribution < -0.4 is 0 Å². The number of carbonyl (C=O) groups is 1. The molecular weight excluding hydrogens is 430 g/mol. The van der Waals surface area contributed by atoms with Gasteiger partial charge in [0.25, 0.3) is 10.0 Å². The molecule has 164 valence electrons. The normalized spacial score (nSPS) is 16.6. The van der Waals surface area contributed by atoms with Crippen LogP contribution >= 0.6 is 0 Å². The zero-order valence-electron chi connectivity index (χ0n) is 18.2. The lowest BCUT2D eigenvalue weighted by Gasteiger charge is -2.32. The summed E-state index contributed by atoms with van der Waals surface area (Å²) in [6.45, 7) is 1.89. The fraction of sp³-hybridized carbons (Fsp3) is 0.107. The van der Waals surface area contributed by atoms with Gasteiger partial charge in [-0.05, 0) is 46.5 Å². The van der Waals surface area contributed by atoms with Crippen molar-refractivity contribution in [1.29, 1.82) is 0 Å². The lowest BCUT2D eigenvalue weighted by Crippen LogP contribution is -2.43. The fourth-order valence-corrected chi connectivity index (χ4v) is 5.78. The van der Waals surface area contributed by atoms with Crippen molar-refractivity contribution in [2.45, 2.75) is 17.7 Å². The highest BCUT2D eigenvalue weighted by Crippen LogP contribution is 2.40. The van der Waals surface area contributed by atoms with E-state index in [1.54, 1.807) is 24.3 Å². The summed E-state index contributed by atoms with van der Waals surface area (Å²) in [5.74, 6) is -1.15. The average Bonchev–Trinajstić information content (AvgIpc) is 2.84. The van der Waals surface area contributed by atoms with Crippen molar-refractivity contribution in [2.24, 2.45) is 0 Å². The fourth-order valence-electron chi connectivity index (χ4n) is 4.43. The van der Waals surface area contributed by atoms with Crippen LogP contribution in [-0.2, 0) is 14.8 Å². The van der Waals surface area contributed by atoms with Crippen LogP contribution in [0.3, 0.4) is 0 Å². The molecule has 0 saturated heterocycles. The Morgan fingerprint density at radius 3 is 2.21 bits per heavy atom. The smallest absolute Gasteiger partial charge is 0.266 e. The van der Waals surface area contributed by atoms with Gasteiger partial charge in [-0.1, -0.05) is 96.6 Å². The second-order valence-corrected chi connectivity index (χ2v) is 10.1. The van der Waals surface area contributed by atoms with Crippen LogP contribution in [0, 0.1) is 6.92 Å². The van der Waals surface area contributed by atoms with Gasteiger partial charge in [0.2, 0.25) is 5.91 Å². The van der Waals surface area contributed by atoms with Crippen molar-refractivity contribution in [3.63, 3.8) is 0 Å². The molecule has 0 aliphatic carbocycles. The third-order valence-electron chi connectivity index (χ3n) is 6.12. The first-order valence-electron chi connectivity index (χ1n) is 10.8. The Labute approximate surface area is 193 Å². The summed E-state index contributed by atoms with van der Waals surface area (Å²) in [4.78, 5) is 14.0. The summed E-state index contributed by atoms with van der Waals surface area (Å²) in [7, 11) is -3.98. The maximum atomic E-state index is 13.8. The van der Waals surface area contributed by atoms with Gasteiger partial charge < -0.3 is 0 Å². The molecule has 1 aliphatic rings. The minimum absolute atomic E-state index is 0.00304. The predicted octanol–water partition coefficient (Wildman–Crippen LogP) is 5.55. The molecule has 1 heterocycles. The largest absolute Gasteiger partial charge is 0.273 e. The maximum Gasteiger partial charge on any atom is 0.266 e. The molecule has 5 heteroatoms. The van der Waals surface area contributed by atoms with Gasteiger partial charge in [-0.15, -0.1) is 0 Å². The minimum atomic E-state index is -3.98. The van der Waals surface area contributed by atoms with Gasteiger partial charge in [0.1, 0.15) is 0 Å². The monoisotopic (exact) mass is 453 g/mol. The van der Waals surface area contributed by atoms with Gasteiger partial charge >= 0.3 is 0 Å². The third kappa shape index (κ3) is 3.74. The number of amides is 1. The summed E-state index contributed by atoms with van der Waals surface area (Å²) in [5.41, 5.74) is 3.51. The van der Waals surface area contributed by atoms with Gasteiger partial charge in [-0.2, -0.15) is 0 Å². The summed E-state index contributed by atoms with van der Waals surface area (Å²) in [6, 6.07) is 30.0. The summed E-state index contributed by atoms with van der Waals surface area (Å²) >= 11 is 0. The van der Waals surface area contributed by atoms with Crippen molar-refractivity contribution < 1.29 is 13.2 Å². The molecule has 4 nitrogen and oxygen atoms in total. The number of hydrogen-bond acceptors (Lipinski definition) is 3. The van der Waals surface area contributed by atoms with E-state index in [0.29, 0.717) is 0 Å². The Morgan fingerprint density at radius 2 is 1.45 bits per heavy atom. The molecule has 0 spiro atoms. The molecule has 4 aromatic rings.